The van der Waals surface area contributed by atoms with Crippen molar-refractivity contribution in [3.05, 3.63) is 53.6 Å². The Balaban J connectivity index is 1.99. The molecule has 110 valence electrons. The van der Waals surface area contributed by atoms with E-state index < -0.39 is 0 Å². The topological polar surface area (TPSA) is 29.3 Å². The van der Waals surface area contributed by atoms with Crippen LogP contribution in [0.25, 0.3) is 0 Å². The number of hydrogen-bond acceptors (Lipinski definition) is 2. The van der Waals surface area contributed by atoms with Crippen LogP contribution in [0.4, 0.5) is 17.1 Å². The summed E-state index contributed by atoms with van der Waals surface area (Å²) < 4.78 is 0. The summed E-state index contributed by atoms with van der Waals surface area (Å²) in [5, 5.41) is 0. The van der Waals surface area contributed by atoms with E-state index in [2.05, 4.69) is 55.1 Å². The van der Waals surface area contributed by atoms with E-state index in [1.807, 2.05) is 6.07 Å². The molecule has 1 unspecified atom stereocenters. The summed E-state index contributed by atoms with van der Waals surface area (Å²) >= 11 is 0. The highest BCUT2D eigenvalue weighted by molar-refractivity contribution is 5.74. The van der Waals surface area contributed by atoms with Crippen LogP contribution in [-0.4, -0.2) is 6.04 Å². The van der Waals surface area contributed by atoms with Crippen LogP contribution in [0.2, 0.25) is 0 Å². The Labute approximate surface area is 127 Å². The van der Waals surface area contributed by atoms with E-state index in [-0.39, 0.29) is 0 Å². The summed E-state index contributed by atoms with van der Waals surface area (Å²) in [7, 11) is 0. The van der Waals surface area contributed by atoms with Crippen LogP contribution in [0.15, 0.2) is 42.5 Å². The van der Waals surface area contributed by atoms with Gasteiger partial charge in [-0.15, -0.1) is 0 Å². The molecular weight excluding hydrogens is 256 g/mol. The molecule has 1 heterocycles. The van der Waals surface area contributed by atoms with E-state index in [9.17, 15) is 0 Å². The molecule has 2 heteroatoms. The number of anilines is 3. The molecule has 0 aliphatic carbocycles. The Morgan fingerprint density at radius 3 is 2.62 bits per heavy atom. The lowest BCUT2D eigenvalue weighted by molar-refractivity contribution is 0.585. The second-order valence-corrected chi connectivity index (χ2v) is 6.09. The summed E-state index contributed by atoms with van der Waals surface area (Å²) in [5.41, 5.74) is 12.2. The third-order valence-electron chi connectivity index (χ3n) is 4.39. The van der Waals surface area contributed by atoms with Crippen molar-refractivity contribution in [2.45, 2.75) is 45.6 Å². The van der Waals surface area contributed by atoms with E-state index in [0.717, 1.165) is 12.1 Å². The second kappa shape index (κ2) is 5.80. The lowest BCUT2D eigenvalue weighted by atomic mass is 10.0. The fraction of sp³-hybridized carbons (Fsp3) is 0.368. The zero-order valence-corrected chi connectivity index (χ0v) is 13.0. The number of fused-ring (bicyclic) bond motifs is 1. The maximum absolute atomic E-state index is 6.01. The minimum Gasteiger partial charge on any atom is -0.399 e. The Morgan fingerprint density at radius 2 is 1.90 bits per heavy atom. The highest BCUT2D eigenvalue weighted by Crippen LogP contribution is 2.41. The van der Waals surface area contributed by atoms with Gasteiger partial charge in [0.25, 0.3) is 0 Å². The van der Waals surface area contributed by atoms with Gasteiger partial charge >= 0.3 is 0 Å². The molecule has 2 aromatic carbocycles. The van der Waals surface area contributed by atoms with Crippen LogP contribution in [-0.2, 0) is 6.42 Å². The Bertz CT molecular complexity index is 616. The molecule has 0 bridgehead atoms. The molecule has 0 fully saturated rings. The maximum atomic E-state index is 6.01. The number of hydrogen-bond donors (Lipinski definition) is 1. The first-order chi connectivity index (χ1) is 10.2. The molecule has 0 saturated carbocycles. The summed E-state index contributed by atoms with van der Waals surface area (Å²) in [4.78, 5) is 2.49. The van der Waals surface area contributed by atoms with E-state index in [4.69, 9.17) is 5.73 Å². The molecule has 0 spiro atoms. The van der Waals surface area contributed by atoms with Gasteiger partial charge in [0.15, 0.2) is 0 Å². The highest BCUT2D eigenvalue weighted by atomic mass is 15.2. The number of nitrogens with zero attached hydrogens (tertiary/aromatic N) is 1. The third kappa shape index (κ3) is 2.76. The molecule has 0 aromatic heterocycles. The van der Waals surface area contributed by atoms with Crippen molar-refractivity contribution in [2.24, 2.45) is 0 Å². The SMILES string of the molecule is CCCCC1Cc2ccc(N)cc2N1c1ccc(C)cc1. The van der Waals surface area contributed by atoms with Crippen molar-refractivity contribution in [1.29, 1.82) is 0 Å². The average Bonchev–Trinajstić information content (AvgIpc) is 2.83. The molecular formula is C19H24N2. The van der Waals surface area contributed by atoms with E-state index in [0.29, 0.717) is 6.04 Å². The average molecular weight is 280 g/mol. The fourth-order valence-corrected chi connectivity index (χ4v) is 3.25. The van der Waals surface area contributed by atoms with Crippen molar-refractivity contribution in [3.63, 3.8) is 0 Å². The van der Waals surface area contributed by atoms with Gasteiger partial charge in [-0.3, -0.25) is 0 Å². The first-order valence-corrected chi connectivity index (χ1v) is 7.93. The molecule has 2 N–H and O–H groups in total. The molecule has 1 aliphatic heterocycles. The van der Waals surface area contributed by atoms with E-state index >= 15 is 0 Å². The van der Waals surface area contributed by atoms with Crippen LogP contribution in [0.5, 0.6) is 0 Å². The molecule has 0 radical (unpaired) electrons. The lowest BCUT2D eigenvalue weighted by Gasteiger charge is -2.28. The van der Waals surface area contributed by atoms with Crippen LogP contribution in [0.1, 0.15) is 37.3 Å². The van der Waals surface area contributed by atoms with Crippen molar-refractivity contribution >= 4 is 17.1 Å². The normalized spacial score (nSPS) is 17.0. The second-order valence-electron chi connectivity index (χ2n) is 6.09. The predicted octanol–water partition coefficient (Wildman–Crippen LogP) is 4.83. The zero-order chi connectivity index (χ0) is 14.8. The number of aryl methyl sites for hydroxylation is 1. The third-order valence-corrected chi connectivity index (χ3v) is 4.39. The maximum Gasteiger partial charge on any atom is 0.0467 e. The van der Waals surface area contributed by atoms with Crippen molar-refractivity contribution in [2.75, 3.05) is 10.6 Å². The quantitative estimate of drug-likeness (QED) is 0.813. The molecule has 1 atom stereocenters. The summed E-state index contributed by atoms with van der Waals surface area (Å²) in [6.45, 7) is 4.39. The fourth-order valence-electron chi connectivity index (χ4n) is 3.25. The largest absolute Gasteiger partial charge is 0.399 e. The van der Waals surface area contributed by atoms with Gasteiger partial charge in [-0.2, -0.15) is 0 Å². The molecule has 0 amide bonds. The smallest absolute Gasteiger partial charge is 0.0467 e. The first-order valence-electron chi connectivity index (χ1n) is 7.93. The monoisotopic (exact) mass is 280 g/mol. The molecule has 2 aromatic rings. The number of nitrogen functional groups attached to an aromatic ring is 1. The molecule has 21 heavy (non-hydrogen) atoms. The van der Waals surface area contributed by atoms with Crippen LogP contribution in [0, 0.1) is 6.92 Å². The summed E-state index contributed by atoms with van der Waals surface area (Å²) in [6.07, 6.45) is 4.88. The Hall–Kier alpha value is -1.96. The standard InChI is InChI=1S/C19H24N2/c1-3-4-5-18-12-15-8-9-16(20)13-19(15)21(18)17-10-6-14(2)7-11-17/h6-11,13,18H,3-5,12,20H2,1-2H3. The number of nitrogens with two attached hydrogens (primary N) is 1. The van der Waals surface area contributed by atoms with Gasteiger partial charge in [0, 0.05) is 23.1 Å². The van der Waals surface area contributed by atoms with Crippen molar-refractivity contribution < 1.29 is 0 Å². The van der Waals surface area contributed by atoms with E-state index in [1.54, 1.807) is 0 Å². The van der Waals surface area contributed by atoms with Crippen LogP contribution < -0.4 is 10.6 Å². The first kappa shape index (κ1) is 14.0. The van der Waals surface area contributed by atoms with Gasteiger partial charge in [-0.1, -0.05) is 43.5 Å². The number of unbranched alkanes of at least 4 members (excludes halogenated alkanes) is 1. The van der Waals surface area contributed by atoms with Gasteiger partial charge in [-0.25, -0.2) is 0 Å². The van der Waals surface area contributed by atoms with Gasteiger partial charge in [0.05, 0.1) is 0 Å². The number of rotatable bonds is 4. The van der Waals surface area contributed by atoms with Gasteiger partial charge < -0.3 is 10.6 Å². The minimum atomic E-state index is 0.560. The van der Waals surface area contributed by atoms with E-state index in [1.165, 1.54) is 41.8 Å². The Morgan fingerprint density at radius 1 is 1.14 bits per heavy atom. The van der Waals surface area contributed by atoms with Gasteiger partial charge in [-0.05, 0) is 49.6 Å². The molecule has 2 nitrogen and oxygen atoms in total. The van der Waals surface area contributed by atoms with Gasteiger partial charge in [0.2, 0.25) is 0 Å². The number of benzene rings is 2. The molecule has 3 rings (SSSR count). The predicted molar refractivity (Wildman–Crippen MR) is 91.2 cm³/mol. The zero-order valence-electron chi connectivity index (χ0n) is 13.0. The van der Waals surface area contributed by atoms with Gasteiger partial charge in [0.1, 0.15) is 0 Å². The summed E-state index contributed by atoms with van der Waals surface area (Å²) in [5.74, 6) is 0. The lowest BCUT2D eigenvalue weighted by Crippen LogP contribution is -2.27. The van der Waals surface area contributed by atoms with Crippen molar-refractivity contribution in [3.8, 4) is 0 Å². The minimum absolute atomic E-state index is 0.560. The van der Waals surface area contributed by atoms with Crippen molar-refractivity contribution in [1.82, 2.24) is 0 Å². The Kier molecular flexibility index (Phi) is 3.87. The molecule has 1 aliphatic rings. The van der Waals surface area contributed by atoms with Crippen LogP contribution >= 0.6 is 0 Å². The highest BCUT2D eigenvalue weighted by Gasteiger charge is 2.29. The summed E-state index contributed by atoms with van der Waals surface area (Å²) in [6, 6.07) is 15.7. The van der Waals surface area contributed by atoms with Crippen LogP contribution in [0.3, 0.4) is 0 Å². The molecule has 0 saturated heterocycles.